The molecule has 1 atom stereocenters. The third kappa shape index (κ3) is 2.99. The van der Waals surface area contributed by atoms with Gasteiger partial charge in [0.1, 0.15) is 0 Å². The molecule has 1 unspecified atom stereocenters. The van der Waals surface area contributed by atoms with Gasteiger partial charge in [-0.15, -0.1) is 10.2 Å². The number of rotatable bonds is 2. The highest BCUT2D eigenvalue weighted by molar-refractivity contribution is 9.10. The number of nitrogens with one attached hydrogen (secondary N) is 1. The molecular formula is C15H17BrN4. The van der Waals surface area contributed by atoms with Gasteiger partial charge in [-0.1, -0.05) is 28.1 Å². The normalized spacial score (nSPS) is 19.1. The summed E-state index contributed by atoms with van der Waals surface area (Å²) in [5, 5.41) is 12.2. The Morgan fingerprint density at radius 1 is 1.15 bits per heavy atom. The molecule has 0 aliphatic carbocycles. The van der Waals surface area contributed by atoms with E-state index in [1.54, 1.807) is 0 Å². The first-order valence-electron chi connectivity index (χ1n) is 6.80. The molecule has 0 bridgehead atoms. The Kier molecular flexibility index (Phi) is 3.98. The SMILES string of the molecule is CC1CN(c2ccc(-c3ccc(Br)cc3)nn2)CCN1. The lowest BCUT2D eigenvalue weighted by Gasteiger charge is -2.32. The van der Waals surface area contributed by atoms with Crippen molar-refractivity contribution >= 4 is 21.7 Å². The smallest absolute Gasteiger partial charge is 0.151 e. The molecule has 4 nitrogen and oxygen atoms in total. The van der Waals surface area contributed by atoms with Crippen LogP contribution >= 0.6 is 15.9 Å². The van der Waals surface area contributed by atoms with E-state index in [2.05, 4.69) is 49.3 Å². The molecule has 1 aliphatic rings. The summed E-state index contributed by atoms with van der Waals surface area (Å²) in [7, 11) is 0. The first kappa shape index (κ1) is 13.5. The van der Waals surface area contributed by atoms with Gasteiger partial charge in [0.25, 0.3) is 0 Å². The number of halogens is 1. The van der Waals surface area contributed by atoms with Crippen LogP contribution in [0.1, 0.15) is 6.92 Å². The molecule has 0 amide bonds. The number of nitrogens with zero attached hydrogens (tertiary/aromatic N) is 3. The fraction of sp³-hybridized carbons (Fsp3) is 0.333. The molecule has 0 radical (unpaired) electrons. The number of benzene rings is 1. The van der Waals surface area contributed by atoms with Gasteiger partial charge in [0.05, 0.1) is 5.69 Å². The maximum Gasteiger partial charge on any atom is 0.151 e. The molecule has 0 spiro atoms. The van der Waals surface area contributed by atoms with Crippen molar-refractivity contribution in [1.29, 1.82) is 0 Å². The largest absolute Gasteiger partial charge is 0.352 e. The fourth-order valence-corrected chi connectivity index (χ4v) is 2.67. The van der Waals surface area contributed by atoms with Crippen LogP contribution in [-0.2, 0) is 0 Å². The standard InChI is InChI=1S/C15H17BrN4/c1-11-10-20(9-8-17-11)15-7-6-14(18-19-15)12-2-4-13(16)5-3-12/h2-7,11,17H,8-10H2,1H3. The van der Waals surface area contributed by atoms with Crippen molar-refractivity contribution in [2.45, 2.75) is 13.0 Å². The second-order valence-corrected chi connectivity index (χ2v) is 6.00. The maximum absolute atomic E-state index is 4.37. The van der Waals surface area contributed by atoms with Crippen molar-refractivity contribution in [3.63, 3.8) is 0 Å². The Hall–Kier alpha value is -1.46. The molecule has 20 heavy (non-hydrogen) atoms. The lowest BCUT2D eigenvalue weighted by Crippen LogP contribution is -2.49. The predicted octanol–water partition coefficient (Wildman–Crippen LogP) is 2.70. The molecular weight excluding hydrogens is 316 g/mol. The Morgan fingerprint density at radius 3 is 2.60 bits per heavy atom. The van der Waals surface area contributed by atoms with Gasteiger partial charge in [0.15, 0.2) is 5.82 Å². The van der Waals surface area contributed by atoms with Crippen LogP contribution in [0.4, 0.5) is 5.82 Å². The van der Waals surface area contributed by atoms with Crippen molar-refractivity contribution in [3.8, 4) is 11.3 Å². The molecule has 1 saturated heterocycles. The van der Waals surface area contributed by atoms with E-state index in [9.17, 15) is 0 Å². The maximum atomic E-state index is 4.37. The number of anilines is 1. The van der Waals surface area contributed by atoms with Crippen LogP contribution in [-0.4, -0.2) is 35.9 Å². The number of piperazine rings is 1. The van der Waals surface area contributed by atoms with Crippen LogP contribution in [0.3, 0.4) is 0 Å². The Labute approximate surface area is 127 Å². The molecule has 2 heterocycles. The lowest BCUT2D eigenvalue weighted by atomic mass is 10.1. The summed E-state index contributed by atoms with van der Waals surface area (Å²) >= 11 is 3.44. The van der Waals surface area contributed by atoms with E-state index in [0.29, 0.717) is 6.04 Å². The molecule has 2 aromatic rings. The summed E-state index contributed by atoms with van der Waals surface area (Å²) in [4.78, 5) is 2.28. The second-order valence-electron chi connectivity index (χ2n) is 5.08. The highest BCUT2D eigenvalue weighted by Crippen LogP contribution is 2.21. The van der Waals surface area contributed by atoms with Gasteiger partial charge in [-0.2, -0.15) is 0 Å². The molecule has 5 heteroatoms. The van der Waals surface area contributed by atoms with Crippen molar-refractivity contribution in [3.05, 3.63) is 40.9 Å². The highest BCUT2D eigenvalue weighted by atomic mass is 79.9. The van der Waals surface area contributed by atoms with Gasteiger partial charge < -0.3 is 10.2 Å². The predicted molar refractivity (Wildman–Crippen MR) is 84.8 cm³/mol. The molecule has 1 aromatic heterocycles. The lowest BCUT2D eigenvalue weighted by molar-refractivity contribution is 0.481. The zero-order valence-corrected chi connectivity index (χ0v) is 13.0. The Morgan fingerprint density at radius 2 is 1.95 bits per heavy atom. The molecule has 1 fully saturated rings. The summed E-state index contributed by atoms with van der Waals surface area (Å²) in [6.07, 6.45) is 0. The van der Waals surface area contributed by atoms with Crippen molar-refractivity contribution < 1.29 is 0 Å². The average molecular weight is 333 g/mol. The summed E-state index contributed by atoms with van der Waals surface area (Å²) in [6, 6.07) is 12.7. The minimum Gasteiger partial charge on any atom is -0.352 e. The van der Waals surface area contributed by atoms with Crippen LogP contribution in [0.5, 0.6) is 0 Å². The molecule has 1 aliphatic heterocycles. The van der Waals surface area contributed by atoms with Crippen molar-refractivity contribution in [2.75, 3.05) is 24.5 Å². The van der Waals surface area contributed by atoms with Gasteiger partial charge in [-0.25, -0.2) is 0 Å². The van der Waals surface area contributed by atoms with Gasteiger partial charge in [0, 0.05) is 35.7 Å². The van der Waals surface area contributed by atoms with Crippen LogP contribution in [0.15, 0.2) is 40.9 Å². The van der Waals surface area contributed by atoms with Crippen LogP contribution in [0.25, 0.3) is 11.3 Å². The second kappa shape index (κ2) is 5.89. The van der Waals surface area contributed by atoms with E-state index in [0.717, 1.165) is 41.2 Å². The van der Waals surface area contributed by atoms with Crippen molar-refractivity contribution in [2.24, 2.45) is 0 Å². The van der Waals surface area contributed by atoms with E-state index in [1.807, 2.05) is 30.3 Å². The number of hydrogen-bond acceptors (Lipinski definition) is 4. The molecule has 0 saturated carbocycles. The third-order valence-corrected chi connectivity index (χ3v) is 4.01. The first-order chi connectivity index (χ1) is 9.72. The Balaban J connectivity index is 1.78. The Bertz CT molecular complexity index is 567. The minimum absolute atomic E-state index is 0.497. The molecule has 1 aromatic carbocycles. The van der Waals surface area contributed by atoms with Crippen molar-refractivity contribution in [1.82, 2.24) is 15.5 Å². The summed E-state index contributed by atoms with van der Waals surface area (Å²) < 4.78 is 1.07. The number of hydrogen-bond donors (Lipinski definition) is 1. The average Bonchev–Trinajstić information content (AvgIpc) is 2.48. The number of aromatic nitrogens is 2. The first-order valence-corrected chi connectivity index (χ1v) is 7.60. The van der Waals surface area contributed by atoms with E-state index >= 15 is 0 Å². The summed E-state index contributed by atoms with van der Waals surface area (Å²) in [5.74, 6) is 0.958. The zero-order valence-electron chi connectivity index (χ0n) is 11.4. The van der Waals surface area contributed by atoms with Gasteiger partial charge >= 0.3 is 0 Å². The van der Waals surface area contributed by atoms with E-state index in [4.69, 9.17) is 0 Å². The summed E-state index contributed by atoms with van der Waals surface area (Å²) in [5.41, 5.74) is 1.99. The van der Waals surface area contributed by atoms with Gasteiger partial charge in [-0.05, 0) is 31.2 Å². The molecule has 1 N–H and O–H groups in total. The molecule has 3 rings (SSSR count). The third-order valence-electron chi connectivity index (χ3n) is 3.48. The van der Waals surface area contributed by atoms with Gasteiger partial charge in [-0.3, -0.25) is 0 Å². The summed E-state index contributed by atoms with van der Waals surface area (Å²) in [6.45, 7) is 5.15. The quantitative estimate of drug-likeness (QED) is 0.918. The molecule has 104 valence electrons. The zero-order chi connectivity index (χ0) is 13.9. The van der Waals surface area contributed by atoms with Crippen LogP contribution in [0, 0.1) is 0 Å². The minimum atomic E-state index is 0.497. The van der Waals surface area contributed by atoms with E-state index < -0.39 is 0 Å². The highest BCUT2D eigenvalue weighted by Gasteiger charge is 2.17. The van der Waals surface area contributed by atoms with Crippen LogP contribution in [0.2, 0.25) is 0 Å². The monoisotopic (exact) mass is 332 g/mol. The fourth-order valence-electron chi connectivity index (χ4n) is 2.41. The van der Waals surface area contributed by atoms with E-state index in [1.165, 1.54) is 0 Å². The topological polar surface area (TPSA) is 41.1 Å². The van der Waals surface area contributed by atoms with Gasteiger partial charge in [0.2, 0.25) is 0 Å². The van der Waals surface area contributed by atoms with Crippen LogP contribution < -0.4 is 10.2 Å². The van der Waals surface area contributed by atoms with E-state index in [-0.39, 0.29) is 0 Å².